The Morgan fingerprint density at radius 2 is 1.95 bits per heavy atom. The second-order valence-electron chi connectivity index (χ2n) is 5.05. The summed E-state index contributed by atoms with van der Waals surface area (Å²) in [6.07, 6.45) is 0. The zero-order valence-electron chi connectivity index (χ0n) is 12.0. The van der Waals surface area contributed by atoms with E-state index >= 15 is 0 Å². The third kappa shape index (κ3) is 2.85. The Bertz CT molecular complexity index is 855. The molecular weight excluding hydrogens is 280 g/mol. The highest BCUT2D eigenvalue weighted by molar-refractivity contribution is 7.98. The Hall–Kier alpha value is -2.07. The largest absolute Gasteiger partial charge is 0.290 e. The molecule has 0 radical (unpaired) electrons. The van der Waals surface area contributed by atoms with Crippen molar-refractivity contribution in [3.05, 3.63) is 70.0 Å². The van der Waals surface area contributed by atoms with Crippen molar-refractivity contribution in [2.24, 2.45) is 7.05 Å². The van der Waals surface area contributed by atoms with Crippen LogP contribution < -0.4 is 5.56 Å². The first-order chi connectivity index (χ1) is 10.1. The molecule has 0 N–H and O–H groups in total. The number of aromatic nitrogens is 2. The Morgan fingerprint density at radius 3 is 2.76 bits per heavy atom. The van der Waals surface area contributed by atoms with Crippen LogP contribution in [0, 0.1) is 6.92 Å². The van der Waals surface area contributed by atoms with E-state index in [1.54, 1.807) is 23.4 Å². The Kier molecular flexibility index (Phi) is 3.80. The number of hydrogen-bond donors (Lipinski definition) is 0. The van der Waals surface area contributed by atoms with Crippen molar-refractivity contribution in [2.45, 2.75) is 17.8 Å². The monoisotopic (exact) mass is 296 g/mol. The summed E-state index contributed by atoms with van der Waals surface area (Å²) in [5, 5.41) is 1.42. The quantitative estimate of drug-likeness (QED) is 0.548. The van der Waals surface area contributed by atoms with E-state index in [1.807, 2.05) is 24.3 Å². The minimum atomic E-state index is 0.00680. The fourth-order valence-electron chi connectivity index (χ4n) is 2.28. The zero-order chi connectivity index (χ0) is 14.8. The second kappa shape index (κ2) is 5.74. The summed E-state index contributed by atoms with van der Waals surface area (Å²) < 4.78 is 1.63. The summed E-state index contributed by atoms with van der Waals surface area (Å²) in [6.45, 7) is 2.08. The average molecular weight is 296 g/mol. The van der Waals surface area contributed by atoms with Gasteiger partial charge in [-0.3, -0.25) is 9.36 Å². The van der Waals surface area contributed by atoms with Gasteiger partial charge in [-0.2, -0.15) is 0 Å². The van der Waals surface area contributed by atoms with Crippen LogP contribution in [0.25, 0.3) is 10.9 Å². The lowest BCUT2D eigenvalue weighted by atomic mass is 10.2. The fourth-order valence-corrected chi connectivity index (χ4v) is 3.19. The van der Waals surface area contributed by atoms with Crippen molar-refractivity contribution >= 4 is 22.7 Å². The summed E-state index contributed by atoms with van der Waals surface area (Å²) in [7, 11) is 1.78. The smallest absolute Gasteiger partial charge is 0.261 e. The van der Waals surface area contributed by atoms with Gasteiger partial charge in [0.25, 0.3) is 5.56 Å². The van der Waals surface area contributed by atoms with Crippen molar-refractivity contribution < 1.29 is 0 Å². The predicted octanol–water partition coefficient (Wildman–Crippen LogP) is 3.53. The van der Waals surface area contributed by atoms with Gasteiger partial charge in [0, 0.05) is 12.8 Å². The highest BCUT2D eigenvalue weighted by atomic mass is 32.2. The van der Waals surface area contributed by atoms with Crippen LogP contribution >= 0.6 is 11.8 Å². The maximum Gasteiger partial charge on any atom is 0.261 e. The maximum absolute atomic E-state index is 12.3. The second-order valence-corrected chi connectivity index (χ2v) is 6.00. The first-order valence-corrected chi connectivity index (χ1v) is 7.78. The van der Waals surface area contributed by atoms with Gasteiger partial charge in [0.1, 0.15) is 0 Å². The lowest BCUT2D eigenvalue weighted by Gasteiger charge is -2.09. The molecule has 0 aliphatic rings. The molecule has 0 aliphatic carbocycles. The van der Waals surface area contributed by atoms with Gasteiger partial charge >= 0.3 is 0 Å². The molecule has 21 heavy (non-hydrogen) atoms. The van der Waals surface area contributed by atoms with Crippen molar-refractivity contribution in [1.82, 2.24) is 9.55 Å². The van der Waals surface area contributed by atoms with Crippen LogP contribution in [0.5, 0.6) is 0 Å². The molecule has 0 aliphatic heterocycles. The van der Waals surface area contributed by atoms with Gasteiger partial charge in [-0.15, -0.1) is 0 Å². The first-order valence-electron chi connectivity index (χ1n) is 6.79. The third-order valence-corrected chi connectivity index (χ3v) is 4.49. The Labute approximate surface area is 127 Å². The molecule has 0 bridgehead atoms. The normalized spacial score (nSPS) is 11.0. The molecule has 0 fully saturated rings. The summed E-state index contributed by atoms with van der Waals surface area (Å²) in [5.74, 6) is 0.806. The van der Waals surface area contributed by atoms with Crippen LogP contribution in [-0.4, -0.2) is 9.55 Å². The van der Waals surface area contributed by atoms with Gasteiger partial charge in [-0.1, -0.05) is 53.7 Å². The van der Waals surface area contributed by atoms with Crippen LogP contribution in [-0.2, 0) is 12.8 Å². The molecule has 0 amide bonds. The molecule has 0 saturated heterocycles. The molecule has 4 heteroatoms. The minimum absolute atomic E-state index is 0.00680. The minimum Gasteiger partial charge on any atom is -0.290 e. The highest BCUT2D eigenvalue weighted by Gasteiger charge is 2.08. The molecule has 2 aromatic carbocycles. The molecule has 3 nitrogen and oxygen atoms in total. The predicted molar refractivity (Wildman–Crippen MR) is 87.7 cm³/mol. The van der Waals surface area contributed by atoms with Crippen LogP contribution in [0.2, 0.25) is 0 Å². The molecular formula is C17H16N2OS. The first kappa shape index (κ1) is 13.9. The Balaban J connectivity index is 1.94. The van der Waals surface area contributed by atoms with Gasteiger partial charge in [0.2, 0.25) is 0 Å². The number of rotatable bonds is 3. The standard InChI is InChI=1S/C17H16N2OS/c1-12-6-5-7-13(10-12)11-21-17-18-15-9-4-3-8-14(15)16(20)19(17)2/h3-10H,11H2,1-2H3. The molecule has 3 aromatic rings. The van der Waals surface area contributed by atoms with Crippen LogP contribution in [0.3, 0.4) is 0 Å². The van der Waals surface area contributed by atoms with E-state index in [0.717, 1.165) is 16.4 Å². The summed E-state index contributed by atoms with van der Waals surface area (Å²) in [5.41, 5.74) is 3.25. The maximum atomic E-state index is 12.3. The van der Waals surface area contributed by atoms with Crippen molar-refractivity contribution in [3.8, 4) is 0 Å². The number of hydrogen-bond acceptors (Lipinski definition) is 3. The number of benzene rings is 2. The van der Waals surface area contributed by atoms with Crippen molar-refractivity contribution in [2.75, 3.05) is 0 Å². The van der Waals surface area contributed by atoms with Crippen LogP contribution in [0.1, 0.15) is 11.1 Å². The molecule has 0 unspecified atom stereocenters. The molecule has 1 aromatic heterocycles. The Morgan fingerprint density at radius 1 is 1.14 bits per heavy atom. The van der Waals surface area contributed by atoms with Gasteiger partial charge in [0.05, 0.1) is 10.9 Å². The SMILES string of the molecule is Cc1cccc(CSc2nc3ccccc3c(=O)n2C)c1. The topological polar surface area (TPSA) is 34.9 Å². The summed E-state index contributed by atoms with van der Waals surface area (Å²) >= 11 is 1.59. The third-order valence-electron chi connectivity index (χ3n) is 3.39. The lowest BCUT2D eigenvalue weighted by Crippen LogP contribution is -2.19. The lowest BCUT2D eigenvalue weighted by molar-refractivity contribution is 0.726. The van der Waals surface area contributed by atoms with E-state index in [9.17, 15) is 4.79 Å². The van der Waals surface area contributed by atoms with E-state index in [-0.39, 0.29) is 5.56 Å². The van der Waals surface area contributed by atoms with Crippen molar-refractivity contribution in [1.29, 1.82) is 0 Å². The molecule has 0 atom stereocenters. The van der Waals surface area contributed by atoms with E-state index < -0.39 is 0 Å². The van der Waals surface area contributed by atoms with Gasteiger partial charge in [-0.25, -0.2) is 4.98 Å². The summed E-state index contributed by atoms with van der Waals surface area (Å²) in [6, 6.07) is 15.9. The zero-order valence-corrected chi connectivity index (χ0v) is 12.9. The van der Waals surface area contributed by atoms with Crippen LogP contribution in [0.4, 0.5) is 0 Å². The molecule has 1 heterocycles. The number of para-hydroxylation sites is 1. The number of thioether (sulfide) groups is 1. The van der Waals surface area contributed by atoms with E-state index in [4.69, 9.17) is 0 Å². The highest BCUT2D eigenvalue weighted by Crippen LogP contribution is 2.21. The average Bonchev–Trinajstić information content (AvgIpc) is 2.50. The van der Waals surface area contributed by atoms with Crippen LogP contribution in [0.15, 0.2) is 58.5 Å². The van der Waals surface area contributed by atoms with Gasteiger partial charge in [-0.05, 0) is 24.6 Å². The number of aryl methyl sites for hydroxylation is 1. The van der Waals surface area contributed by atoms with E-state index in [2.05, 4.69) is 36.2 Å². The van der Waals surface area contributed by atoms with E-state index in [0.29, 0.717) is 5.39 Å². The van der Waals surface area contributed by atoms with E-state index in [1.165, 1.54) is 11.1 Å². The number of nitrogens with zero attached hydrogens (tertiary/aromatic N) is 2. The van der Waals surface area contributed by atoms with Crippen molar-refractivity contribution in [3.63, 3.8) is 0 Å². The molecule has 0 spiro atoms. The summed E-state index contributed by atoms with van der Waals surface area (Å²) in [4.78, 5) is 16.9. The fraction of sp³-hybridized carbons (Fsp3) is 0.176. The number of fused-ring (bicyclic) bond motifs is 1. The molecule has 0 saturated carbocycles. The van der Waals surface area contributed by atoms with Gasteiger partial charge < -0.3 is 0 Å². The molecule has 106 valence electrons. The van der Waals surface area contributed by atoms with Gasteiger partial charge in [0.15, 0.2) is 5.16 Å². The molecule has 3 rings (SSSR count).